The zero-order valence-electron chi connectivity index (χ0n) is 10.7. The minimum atomic E-state index is -1.19. The summed E-state index contributed by atoms with van der Waals surface area (Å²) in [6, 6.07) is 2.80. The zero-order chi connectivity index (χ0) is 15.4. The van der Waals surface area contributed by atoms with Gasteiger partial charge in [-0.25, -0.2) is 9.78 Å². The number of hydrogen-bond donors (Lipinski definition) is 4. The minimum Gasteiger partial charge on any atom is -0.507 e. The van der Waals surface area contributed by atoms with Crippen molar-refractivity contribution in [2.24, 2.45) is 0 Å². The van der Waals surface area contributed by atoms with Gasteiger partial charge in [-0.1, -0.05) is 11.6 Å². The quantitative estimate of drug-likeness (QED) is 0.662. The highest BCUT2D eigenvalue weighted by molar-refractivity contribution is 6.31. The van der Waals surface area contributed by atoms with Crippen molar-refractivity contribution < 1.29 is 19.8 Å². The Morgan fingerprint density at radius 3 is 2.81 bits per heavy atom. The molecule has 0 aliphatic rings. The van der Waals surface area contributed by atoms with Crippen LogP contribution in [0.15, 0.2) is 30.7 Å². The Labute approximate surface area is 124 Å². The second kappa shape index (κ2) is 6.27. The number of H-pyrrole nitrogens is 1. The molecule has 1 heterocycles. The fourth-order valence-electron chi connectivity index (χ4n) is 1.74. The van der Waals surface area contributed by atoms with Crippen LogP contribution in [0.25, 0.3) is 0 Å². The number of carboxylic acid groups (broad SMARTS) is 1. The molecule has 1 aromatic heterocycles. The molecule has 1 unspecified atom stereocenters. The van der Waals surface area contributed by atoms with Gasteiger partial charge in [0, 0.05) is 23.3 Å². The molecule has 1 aromatic carbocycles. The first kappa shape index (κ1) is 14.9. The Bertz CT molecular complexity index is 657. The zero-order valence-corrected chi connectivity index (χ0v) is 11.5. The summed E-state index contributed by atoms with van der Waals surface area (Å²) in [6.07, 6.45) is 2.93. The first-order chi connectivity index (χ1) is 9.97. The van der Waals surface area contributed by atoms with Crippen LogP contribution in [0.4, 0.5) is 0 Å². The van der Waals surface area contributed by atoms with E-state index in [1.807, 2.05) is 0 Å². The van der Waals surface area contributed by atoms with Gasteiger partial charge in [0.1, 0.15) is 11.8 Å². The van der Waals surface area contributed by atoms with Crippen molar-refractivity contribution in [3.63, 3.8) is 0 Å². The minimum absolute atomic E-state index is 0.0440. The van der Waals surface area contributed by atoms with E-state index in [-0.39, 0.29) is 22.8 Å². The number of carbonyl (C=O) groups is 2. The van der Waals surface area contributed by atoms with Crippen molar-refractivity contribution in [2.45, 2.75) is 12.5 Å². The Balaban J connectivity index is 2.14. The molecule has 110 valence electrons. The number of aliphatic carboxylic acids is 1. The maximum absolute atomic E-state index is 12.0. The van der Waals surface area contributed by atoms with Crippen molar-refractivity contribution in [3.8, 4) is 5.75 Å². The van der Waals surface area contributed by atoms with E-state index >= 15 is 0 Å². The van der Waals surface area contributed by atoms with E-state index in [2.05, 4.69) is 15.3 Å². The van der Waals surface area contributed by atoms with Crippen LogP contribution in [-0.2, 0) is 11.2 Å². The van der Waals surface area contributed by atoms with Gasteiger partial charge in [0.2, 0.25) is 0 Å². The number of rotatable bonds is 5. The van der Waals surface area contributed by atoms with Gasteiger partial charge in [-0.2, -0.15) is 0 Å². The summed E-state index contributed by atoms with van der Waals surface area (Å²) in [5.41, 5.74) is 0.483. The molecular weight excluding hydrogens is 298 g/mol. The Morgan fingerprint density at radius 1 is 1.43 bits per heavy atom. The smallest absolute Gasteiger partial charge is 0.326 e. The van der Waals surface area contributed by atoms with Crippen LogP contribution in [0.1, 0.15) is 16.1 Å². The number of aromatic nitrogens is 2. The number of aromatic amines is 1. The average molecular weight is 310 g/mol. The van der Waals surface area contributed by atoms with Crippen molar-refractivity contribution in [2.75, 3.05) is 0 Å². The van der Waals surface area contributed by atoms with E-state index in [0.29, 0.717) is 5.69 Å². The number of halogens is 1. The van der Waals surface area contributed by atoms with Crippen molar-refractivity contribution in [1.82, 2.24) is 15.3 Å². The van der Waals surface area contributed by atoms with Crippen molar-refractivity contribution in [1.29, 1.82) is 0 Å². The molecule has 0 saturated heterocycles. The molecule has 0 spiro atoms. The van der Waals surface area contributed by atoms with Crippen LogP contribution < -0.4 is 5.32 Å². The topological polar surface area (TPSA) is 115 Å². The Kier molecular flexibility index (Phi) is 4.44. The van der Waals surface area contributed by atoms with Gasteiger partial charge in [-0.05, 0) is 18.2 Å². The molecule has 1 amide bonds. The number of nitrogens with one attached hydrogen (secondary N) is 2. The lowest BCUT2D eigenvalue weighted by molar-refractivity contribution is -0.139. The third-order valence-electron chi connectivity index (χ3n) is 2.79. The van der Waals surface area contributed by atoms with E-state index in [9.17, 15) is 14.7 Å². The number of phenolic OH excluding ortho intramolecular Hbond substituents is 1. The number of imidazole rings is 1. The molecule has 0 radical (unpaired) electrons. The van der Waals surface area contributed by atoms with Gasteiger partial charge in [-0.15, -0.1) is 0 Å². The molecule has 2 aromatic rings. The largest absolute Gasteiger partial charge is 0.507 e. The van der Waals surface area contributed by atoms with E-state index in [4.69, 9.17) is 16.7 Å². The van der Waals surface area contributed by atoms with Crippen LogP contribution in [0, 0.1) is 0 Å². The lowest BCUT2D eigenvalue weighted by Crippen LogP contribution is -2.42. The molecule has 0 bridgehead atoms. The molecule has 0 saturated carbocycles. The molecule has 0 aliphatic carbocycles. The van der Waals surface area contributed by atoms with Crippen LogP contribution in [0.5, 0.6) is 5.75 Å². The third-order valence-corrected chi connectivity index (χ3v) is 3.02. The van der Waals surface area contributed by atoms with Gasteiger partial charge in [0.05, 0.1) is 11.9 Å². The van der Waals surface area contributed by atoms with Crippen LogP contribution in [0.3, 0.4) is 0 Å². The maximum Gasteiger partial charge on any atom is 0.326 e. The molecule has 7 nitrogen and oxygen atoms in total. The number of carbonyl (C=O) groups excluding carboxylic acids is 1. The van der Waals surface area contributed by atoms with E-state index in [1.54, 1.807) is 0 Å². The predicted octanol–water partition coefficient (Wildman–Crippen LogP) is 1.19. The maximum atomic E-state index is 12.0. The van der Waals surface area contributed by atoms with Crippen LogP contribution in [-0.4, -0.2) is 38.1 Å². The monoisotopic (exact) mass is 309 g/mol. The lowest BCUT2D eigenvalue weighted by Gasteiger charge is -2.14. The van der Waals surface area contributed by atoms with Crippen molar-refractivity contribution >= 4 is 23.5 Å². The van der Waals surface area contributed by atoms with Gasteiger partial charge < -0.3 is 20.5 Å². The number of amides is 1. The summed E-state index contributed by atoms with van der Waals surface area (Å²) >= 11 is 5.75. The molecule has 4 N–H and O–H groups in total. The second-order valence-corrected chi connectivity index (χ2v) is 4.74. The Hall–Kier alpha value is -2.54. The number of carboxylic acids is 1. The summed E-state index contributed by atoms with van der Waals surface area (Å²) < 4.78 is 0. The van der Waals surface area contributed by atoms with Gasteiger partial charge >= 0.3 is 5.97 Å². The molecule has 0 fully saturated rings. The average Bonchev–Trinajstić information content (AvgIpc) is 2.93. The van der Waals surface area contributed by atoms with Gasteiger partial charge in [0.25, 0.3) is 5.91 Å². The fourth-order valence-corrected chi connectivity index (χ4v) is 1.91. The second-order valence-electron chi connectivity index (χ2n) is 4.31. The van der Waals surface area contributed by atoms with Gasteiger partial charge in [-0.3, -0.25) is 4.79 Å². The molecule has 0 aliphatic heterocycles. The summed E-state index contributed by atoms with van der Waals surface area (Å²) in [6.45, 7) is 0. The number of aromatic hydroxyl groups is 1. The molecule has 1 atom stereocenters. The van der Waals surface area contributed by atoms with E-state index in [1.165, 1.54) is 30.7 Å². The summed E-state index contributed by atoms with van der Waals surface area (Å²) in [5, 5.41) is 21.4. The number of benzene rings is 1. The molecule has 21 heavy (non-hydrogen) atoms. The molecule has 2 rings (SSSR count). The van der Waals surface area contributed by atoms with Crippen LogP contribution >= 0.6 is 11.6 Å². The SMILES string of the molecule is O=C(NC(Cc1cnc[nH]1)C(=O)O)c1cc(Cl)ccc1O. The molecule has 8 heteroatoms. The van der Waals surface area contributed by atoms with Crippen LogP contribution in [0.2, 0.25) is 5.02 Å². The van der Waals surface area contributed by atoms with Gasteiger partial charge in [0.15, 0.2) is 0 Å². The van der Waals surface area contributed by atoms with Crippen molar-refractivity contribution in [3.05, 3.63) is 47.0 Å². The number of nitrogens with zero attached hydrogens (tertiary/aromatic N) is 1. The third kappa shape index (κ3) is 3.73. The standard InChI is InChI=1S/C13H12ClN3O4/c14-7-1-2-11(18)9(3-7)12(19)17-10(13(20)21)4-8-5-15-6-16-8/h1-3,5-6,10,18H,4H2,(H,15,16)(H,17,19)(H,20,21). The summed E-state index contributed by atoms with van der Waals surface area (Å²) in [5.74, 6) is -2.19. The highest BCUT2D eigenvalue weighted by Crippen LogP contribution is 2.21. The van der Waals surface area contributed by atoms with E-state index in [0.717, 1.165) is 0 Å². The predicted molar refractivity (Wildman–Crippen MR) is 74.3 cm³/mol. The summed E-state index contributed by atoms with van der Waals surface area (Å²) in [4.78, 5) is 29.8. The first-order valence-corrected chi connectivity index (χ1v) is 6.34. The number of phenols is 1. The van der Waals surface area contributed by atoms with E-state index < -0.39 is 17.9 Å². The highest BCUT2D eigenvalue weighted by Gasteiger charge is 2.23. The Morgan fingerprint density at radius 2 is 2.19 bits per heavy atom. The fraction of sp³-hybridized carbons (Fsp3) is 0.154. The first-order valence-electron chi connectivity index (χ1n) is 5.97. The lowest BCUT2D eigenvalue weighted by atomic mass is 10.1. The molecular formula is C13H12ClN3O4. The summed E-state index contributed by atoms with van der Waals surface area (Å²) in [7, 11) is 0. The normalized spacial score (nSPS) is 11.9. The number of hydrogen-bond acceptors (Lipinski definition) is 4. The highest BCUT2D eigenvalue weighted by atomic mass is 35.5.